The highest BCUT2D eigenvalue weighted by atomic mass is 35.5. The van der Waals surface area contributed by atoms with Crippen molar-refractivity contribution in [3.63, 3.8) is 0 Å². The summed E-state index contributed by atoms with van der Waals surface area (Å²) in [5, 5.41) is 3.76. The largest absolute Gasteiger partial charge is 0.309 e. The van der Waals surface area contributed by atoms with Gasteiger partial charge in [0.15, 0.2) is 0 Å². The average Bonchev–Trinajstić information content (AvgIpc) is 2.94. The first-order valence-electron chi connectivity index (χ1n) is 7.86. The second-order valence-corrected chi connectivity index (χ2v) is 7.52. The lowest BCUT2D eigenvalue weighted by atomic mass is 9.78. The Bertz CT molecular complexity index is 592. The monoisotopic (exact) mass is 319 g/mol. The summed E-state index contributed by atoms with van der Waals surface area (Å²) in [7, 11) is 0. The normalized spacial score (nSPS) is 19.2. The molecule has 1 nitrogen and oxygen atoms in total. The highest BCUT2D eigenvalue weighted by molar-refractivity contribution is 7.16. The molecule has 1 aliphatic rings. The van der Waals surface area contributed by atoms with E-state index < -0.39 is 0 Å². The van der Waals surface area contributed by atoms with Gasteiger partial charge in [0.1, 0.15) is 0 Å². The molecule has 0 radical (unpaired) electrons. The molecule has 1 heterocycles. The second kappa shape index (κ2) is 6.95. The molecule has 2 aromatic rings. The molecule has 3 heteroatoms. The Morgan fingerprint density at radius 2 is 2.14 bits per heavy atom. The van der Waals surface area contributed by atoms with Crippen LogP contribution in [-0.4, -0.2) is 6.54 Å². The van der Waals surface area contributed by atoms with Crippen LogP contribution in [0.4, 0.5) is 0 Å². The van der Waals surface area contributed by atoms with Crippen LogP contribution >= 0.6 is 22.9 Å². The van der Waals surface area contributed by atoms with E-state index in [9.17, 15) is 0 Å². The van der Waals surface area contributed by atoms with E-state index >= 15 is 0 Å². The smallest absolute Gasteiger partial charge is 0.0931 e. The Hall–Kier alpha value is -0.830. The van der Waals surface area contributed by atoms with E-state index in [1.165, 1.54) is 35.3 Å². The van der Waals surface area contributed by atoms with Crippen LogP contribution in [0, 0.1) is 0 Å². The zero-order valence-corrected chi connectivity index (χ0v) is 14.0. The maximum absolute atomic E-state index is 6.17. The fraction of sp³-hybridized carbons (Fsp3) is 0.444. The zero-order valence-electron chi connectivity index (χ0n) is 12.4. The molecule has 0 amide bonds. The highest BCUT2D eigenvalue weighted by Crippen LogP contribution is 2.42. The Morgan fingerprint density at radius 1 is 1.29 bits per heavy atom. The fourth-order valence-electron chi connectivity index (χ4n) is 3.37. The van der Waals surface area contributed by atoms with Crippen molar-refractivity contribution >= 4 is 22.9 Å². The summed E-state index contributed by atoms with van der Waals surface area (Å²) in [5.41, 5.74) is 3.06. The molecule has 112 valence electrons. The molecule has 1 aromatic heterocycles. The van der Waals surface area contributed by atoms with Crippen LogP contribution in [0.15, 0.2) is 36.4 Å². The number of nitrogens with one attached hydrogen (secondary N) is 1. The first kappa shape index (κ1) is 15.1. The first-order valence-corrected chi connectivity index (χ1v) is 9.05. The van der Waals surface area contributed by atoms with Gasteiger partial charge >= 0.3 is 0 Å². The van der Waals surface area contributed by atoms with Gasteiger partial charge in [-0.25, -0.2) is 0 Å². The van der Waals surface area contributed by atoms with E-state index in [2.05, 4.69) is 42.6 Å². The number of fused-ring (bicyclic) bond motifs is 1. The van der Waals surface area contributed by atoms with Crippen LogP contribution in [0.3, 0.4) is 0 Å². The van der Waals surface area contributed by atoms with Crippen LogP contribution in [0.25, 0.3) is 0 Å². The van der Waals surface area contributed by atoms with Crippen molar-refractivity contribution in [1.82, 2.24) is 5.32 Å². The molecule has 1 aromatic carbocycles. The summed E-state index contributed by atoms with van der Waals surface area (Å²) in [6.07, 6.45) is 4.92. The van der Waals surface area contributed by atoms with Crippen molar-refractivity contribution in [1.29, 1.82) is 0 Å². The second-order valence-electron chi connectivity index (χ2n) is 5.77. The molecule has 3 rings (SSSR count). The van der Waals surface area contributed by atoms with Crippen LogP contribution in [0.5, 0.6) is 0 Å². The minimum Gasteiger partial charge on any atom is -0.309 e. The molecule has 1 N–H and O–H groups in total. The van der Waals surface area contributed by atoms with Gasteiger partial charge < -0.3 is 5.32 Å². The molecule has 0 spiro atoms. The van der Waals surface area contributed by atoms with Crippen molar-refractivity contribution in [3.8, 4) is 0 Å². The van der Waals surface area contributed by atoms with E-state index in [0.717, 1.165) is 17.3 Å². The van der Waals surface area contributed by atoms with Gasteiger partial charge in [-0.15, -0.1) is 11.3 Å². The SMILES string of the molecule is CCCNC(c1ccc(Cl)s1)C1CCCc2ccccc21. The van der Waals surface area contributed by atoms with Crippen LogP contribution in [0.2, 0.25) is 4.34 Å². The van der Waals surface area contributed by atoms with Gasteiger partial charge in [-0.05, 0) is 55.5 Å². The molecular formula is C18H22ClNS. The summed E-state index contributed by atoms with van der Waals surface area (Å²) in [6.45, 7) is 3.28. The lowest BCUT2D eigenvalue weighted by Crippen LogP contribution is -2.29. The van der Waals surface area contributed by atoms with Crippen molar-refractivity contribution in [2.45, 2.75) is 44.6 Å². The predicted octanol–water partition coefficient (Wildman–Crippen LogP) is 5.56. The number of hydrogen-bond acceptors (Lipinski definition) is 2. The van der Waals surface area contributed by atoms with Crippen LogP contribution in [-0.2, 0) is 6.42 Å². The maximum atomic E-state index is 6.17. The number of thiophene rings is 1. The number of hydrogen-bond donors (Lipinski definition) is 1. The Labute approximate surface area is 136 Å². The Kier molecular flexibility index (Phi) is 4.99. The number of rotatable bonds is 5. The summed E-state index contributed by atoms with van der Waals surface area (Å²) in [4.78, 5) is 1.37. The highest BCUT2D eigenvalue weighted by Gasteiger charge is 2.29. The van der Waals surface area contributed by atoms with Crippen molar-refractivity contribution < 1.29 is 0 Å². The van der Waals surface area contributed by atoms with Gasteiger partial charge in [0.25, 0.3) is 0 Å². The summed E-state index contributed by atoms with van der Waals surface area (Å²) < 4.78 is 0.886. The fourth-order valence-corrected chi connectivity index (χ4v) is 4.58. The van der Waals surface area contributed by atoms with E-state index in [0.29, 0.717) is 12.0 Å². The summed E-state index contributed by atoms with van der Waals surface area (Å²) in [5.74, 6) is 0.566. The quantitative estimate of drug-likeness (QED) is 0.760. The van der Waals surface area contributed by atoms with Gasteiger partial charge in [0.05, 0.1) is 4.34 Å². The maximum Gasteiger partial charge on any atom is 0.0931 e. The molecule has 2 unspecified atom stereocenters. The number of halogens is 1. The van der Waals surface area contributed by atoms with Crippen LogP contribution < -0.4 is 5.32 Å². The minimum absolute atomic E-state index is 0.392. The third-order valence-corrected chi connectivity index (χ3v) is 5.65. The summed E-state index contributed by atoms with van der Waals surface area (Å²) >= 11 is 7.89. The van der Waals surface area contributed by atoms with Gasteiger partial charge in [-0.3, -0.25) is 0 Å². The lowest BCUT2D eigenvalue weighted by molar-refractivity contribution is 0.406. The zero-order chi connectivity index (χ0) is 14.7. The van der Waals surface area contributed by atoms with Crippen molar-refractivity contribution in [2.75, 3.05) is 6.54 Å². The third-order valence-electron chi connectivity index (χ3n) is 4.33. The van der Waals surface area contributed by atoms with Crippen LogP contribution in [0.1, 0.15) is 54.1 Å². The Morgan fingerprint density at radius 3 is 2.90 bits per heavy atom. The van der Waals surface area contributed by atoms with Gasteiger partial charge in [0.2, 0.25) is 0 Å². The molecule has 0 saturated carbocycles. The number of benzene rings is 1. The number of aryl methyl sites for hydroxylation is 1. The Balaban J connectivity index is 1.93. The molecule has 0 aliphatic heterocycles. The molecule has 0 saturated heterocycles. The standard InChI is InChI=1S/C18H22ClNS/c1-2-12-20-18(16-10-11-17(19)21-16)15-9-5-7-13-6-3-4-8-14(13)15/h3-4,6,8,10-11,15,18,20H,2,5,7,9,12H2,1H3. The van der Waals surface area contributed by atoms with E-state index in [-0.39, 0.29) is 0 Å². The van der Waals surface area contributed by atoms with E-state index in [1.54, 1.807) is 11.3 Å². The van der Waals surface area contributed by atoms with Crippen molar-refractivity contribution in [3.05, 3.63) is 56.7 Å². The lowest BCUT2D eigenvalue weighted by Gasteiger charge is -2.32. The van der Waals surface area contributed by atoms with Gasteiger partial charge in [0, 0.05) is 16.8 Å². The summed E-state index contributed by atoms with van der Waals surface area (Å²) in [6, 6.07) is 13.6. The van der Waals surface area contributed by atoms with Gasteiger partial charge in [-0.2, -0.15) is 0 Å². The predicted molar refractivity (Wildman–Crippen MR) is 92.5 cm³/mol. The topological polar surface area (TPSA) is 12.0 Å². The molecule has 2 atom stereocenters. The molecule has 0 bridgehead atoms. The average molecular weight is 320 g/mol. The van der Waals surface area contributed by atoms with E-state index in [4.69, 9.17) is 11.6 Å². The molecule has 1 aliphatic carbocycles. The minimum atomic E-state index is 0.392. The first-order chi connectivity index (χ1) is 10.3. The molecular weight excluding hydrogens is 298 g/mol. The third kappa shape index (κ3) is 3.33. The van der Waals surface area contributed by atoms with Crippen molar-refractivity contribution in [2.24, 2.45) is 0 Å². The molecule has 0 fully saturated rings. The van der Waals surface area contributed by atoms with Gasteiger partial charge in [-0.1, -0.05) is 42.8 Å². The van der Waals surface area contributed by atoms with E-state index in [1.807, 2.05) is 6.07 Å². The molecule has 21 heavy (non-hydrogen) atoms.